The molecule has 0 saturated carbocycles. The van der Waals surface area contributed by atoms with Crippen LogP contribution in [0.1, 0.15) is 20.8 Å². The summed E-state index contributed by atoms with van der Waals surface area (Å²) in [5.41, 5.74) is 11.0. The van der Waals surface area contributed by atoms with Crippen LogP contribution in [-0.4, -0.2) is 29.8 Å². The van der Waals surface area contributed by atoms with Gasteiger partial charge in [0.2, 0.25) is 5.95 Å². The van der Waals surface area contributed by atoms with Crippen LogP contribution in [0, 0.1) is 5.95 Å². The van der Waals surface area contributed by atoms with Gasteiger partial charge < -0.3 is 16.2 Å². The van der Waals surface area contributed by atoms with E-state index in [1.165, 1.54) is 12.1 Å². The number of rotatable bonds is 5. The van der Waals surface area contributed by atoms with Crippen molar-refractivity contribution < 1.29 is 15.3 Å². The molecular formula is C13H19FN4O2. The number of nitrogen functional groups attached to an aromatic ring is 1. The fourth-order valence-electron chi connectivity index (χ4n) is 1.55. The van der Waals surface area contributed by atoms with Gasteiger partial charge in [-0.15, -0.1) is 0 Å². The van der Waals surface area contributed by atoms with Gasteiger partial charge in [0.1, 0.15) is 11.4 Å². The minimum absolute atomic E-state index is 0. The Hall–Kier alpha value is -2.44. The van der Waals surface area contributed by atoms with Crippen LogP contribution in [0.4, 0.5) is 10.2 Å². The molecule has 0 saturated heterocycles. The first-order chi connectivity index (χ1) is 9.54. The number of aliphatic imine (C=N–C) groups is 1. The molecule has 110 valence electrons. The van der Waals surface area contributed by atoms with E-state index in [9.17, 15) is 9.18 Å². The van der Waals surface area contributed by atoms with Crippen LogP contribution in [0.25, 0.3) is 0 Å². The molecule has 0 bridgehead atoms. The van der Waals surface area contributed by atoms with Crippen LogP contribution in [-0.2, 0) is 9.53 Å². The van der Waals surface area contributed by atoms with Gasteiger partial charge in [0.15, 0.2) is 0 Å². The summed E-state index contributed by atoms with van der Waals surface area (Å²) >= 11 is 0. The Bertz CT molecular complexity index is 561. The lowest BCUT2D eigenvalue weighted by Crippen LogP contribution is -2.20. The topological polar surface area (TPSA) is 104 Å². The largest absolute Gasteiger partial charge is 0.462 e. The number of ether oxygens (including phenoxy) is 1. The molecule has 7 heteroatoms. The molecule has 0 spiro atoms. The number of nitrogens with zero attached hydrogens (tertiary/aromatic N) is 2. The Kier molecular flexibility index (Phi) is 5.64. The van der Waals surface area contributed by atoms with Crippen molar-refractivity contribution in [2.24, 2.45) is 10.7 Å². The number of aromatic nitrogens is 1. The molecule has 6 nitrogen and oxygen atoms in total. The summed E-state index contributed by atoms with van der Waals surface area (Å²) in [7, 11) is 0. The number of hydrogen-bond acceptors (Lipinski definition) is 6. The molecule has 1 rings (SSSR count). The maximum Gasteiger partial charge on any atom is 0.341 e. The third-order valence-electron chi connectivity index (χ3n) is 2.36. The number of halogens is 1. The van der Waals surface area contributed by atoms with Gasteiger partial charge in [-0.25, -0.2) is 9.78 Å². The van der Waals surface area contributed by atoms with Crippen molar-refractivity contribution >= 4 is 17.5 Å². The van der Waals surface area contributed by atoms with Crippen molar-refractivity contribution in [3.63, 3.8) is 0 Å². The third-order valence-corrected chi connectivity index (χ3v) is 2.36. The Morgan fingerprint density at radius 2 is 2.25 bits per heavy atom. The van der Waals surface area contributed by atoms with Gasteiger partial charge in [0.25, 0.3) is 0 Å². The van der Waals surface area contributed by atoms with E-state index in [2.05, 4.69) is 9.98 Å². The van der Waals surface area contributed by atoms with Crippen LogP contribution >= 0.6 is 0 Å². The second-order valence-corrected chi connectivity index (χ2v) is 3.70. The van der Waals surface area contributed by atoms with Gasteiger partial charge in [-0.1, -0.05) is 0 Å². The van der Waals surface area contributed by atoms with E-state index in [1.807, 2.05) is 0 Å². The van der Waals surface area contributed by atoms with Crippen molar-refractivity contribution in [2.75, 3.05) is 18.9 Å². The van der Waals surface area contributed by atoms with Gasteiger partial charge >= 0.3 is 5.97 Å². The van der Waals surface area contributed by atoms with E-state index in [0.717, 1.165) is 6.20 Å². The van der Waals surface area contributed by atoms with Crippen molar-refractivity contribution in [1.82, 2.24) is 4.98 Å². The van der Waals surface area contributed by atoms with Crippen molar-refractivity contribution in [3.8, 4) is 0 Å². The molecule has 1 aromatic rings. The molecule has 0 unspecified atom stereocenters. The highest BCUT2D eigenvalue weighted by Gasteiger charge is 2.21. The first-order valence-corrected chi connectivity index (χ1v) is 6.11. The molecule has 4 N–H and O–H groups in total. The molecular weight excluding hydrogens is 263 g/mol. The lowest BCUT2D eigenvalue weighted by atomic mass is 10.0. The number of hydrogen-bond donors (Lipinski definition) is 2. The van der Waals surface area contributed by atoms with Gasteiger partial charge in [0, 0.05) is 14.2 Å². The zero-order chi connectivity index (χ0) is 15.1. The van der Waals surface area contributed by atoms with Gasteiger partial charge in [-0.05, 0) is 26.0 Å². The van der Waals surface area contributed by atoms with E-state index < -0.39 is 11.9 Å². The average molecular weight is 282 g/mol. The van der Waals surface area contributed by atoms with Gasteiger partial charge in [0.05, 0.1) is 17.9 Å². The highest BCUT2D eigenvalue weighted by molar-refractivity contribution is 6.26. The van der Waals surface area contributed by atoms with Crippen molar-refractivity contribution in [2.45, 2.75) is 13.8 Å². The van der Waals surface area contributed by atoms with E-state index in [0.29, 0.717) is 6.54 Å². The second kappa shape index (κ2) is 7.22. The fourth-order valence-corrected chi connectivity index (χ4v) is 1.55. The molecule has 20 heavy (non-hydrogen) atoms. The van der Waals surface area contributed by atoms with Crippen LogP contribution in [0.5, 0.6) is 0 Å². The standard InChI is InChI=1S/C13H17FN4O2.H2/c1-3-17-11(9(7-15)13(19)20-4-2)8-5-6-10(16)18-12(8)14;/h5-7H,3-4,15H2,1-2H3,(H2,16,18);1H/b9-7+,17-11?;. The zero-order valence-corrected chi connectivity index (χ0v) is 11.4. The fraction of sp³-hybridized carbons (Fsp3) is 0.308. The van der Waals surface area contributed by atoms with Crippen LogP contribution in [0.15, 0.2) is 28.9 Å². The van der Waals surface area contributed by atoms with E-state index >= 15 is 0 Å². The van der Waals surface area contributed by atoms with Crippen molar-refractivity contribution in [1.29, 1.82) is 0 Å². The molecule has 0 atom stereocenters. The molecule has 0 aliphatic carbocycles. The molecule has 1 heterocycles. The summed E-state index contributed by atoms with van der Waals surface area (Å²) in [6, 6.07) is 2.82. The quantitative estimate of drug-likeness (QED) is 0.366. The number of esters is 1. The minimum Gasteiger partial charge on any atom is -0.462 e. The highest BCUT2D eigenvalue weighted by atomic mass is 19.1. The Morgan fingerprint density at radius 1 is 1.55 bits per heavy atom. The maximum atomic E-state index is 13.9. The summed E-state index contributed by atoms with van der Waals surface area (Å²) in [6.07, 6.45) is 1.04. The first-order valence-electron chi connectivity index (χ1n) is 6.11. The van der Waals surface area contributed by atoms with Crippen LogP contribution in [0.2, 0.25) is 0 Å². The highest BCUT2D eigenvalue weighted by Crippen LogP contribution is 2.15. The van der Waals surface area contributed by atoms with E-state index in [-0.39, 0.29) is 30.7 Å². The number of anilines is 1. The lowest BCUT2D eigenvalue weighted by molar-refractivity contribution is -0.137. The predicted octanol–water partition coefficient (Wildman–Crippen LogP) is 1.26. The minimum atomic E-state index is -0.819. The van der Waals surface area contributed by atoms with Crippen molar-refractivity contribution in [3.05, 3.63) is 35.4 Å². The van der Waals surface area contributed by atoms with Gasteiger partial charge in [-0.2, -0.15) is 4.39 Å². The lowest BCUT2D eigenvalue weighted by Gasteiger charge is -2.10. The monoisotopic (exact) mass is 282 g/mol. The average Bonchev–Trinajstić information content (AvgIpc) is 2.39. The Balaban J connectivity index is 0.00000400. The maximum absolute atomic E-state index is 13.9. The number of carbonyl (C=O) groups excluding carboxylic acids is 1. The summed E-state index contributed by atoms with van der Waals surface area (Å²) in [5.74, 6) is -1.45. The smallest absolute Gasteiger partial charge is 0.341 e. The first kappa shape index (κ1) is 15.6. The number of pyridine rings is 1. The zero-order valence-electron chi connectivity index (χ0n) is 11.4. The second-order valence-electron chi connectivity index (χ2n) is 3.70. The molecule has 0 amide bonds. The normalized spacial score (nSPS) is 12.3. The van der Waals surface area contributed by atoms with Crippen LogP contribution < -0.4 is 11.5 Å². The molecule has 0 aliphatic rings. The predicted molar refractivity (Wildman–Crippen MR) is 76.7 cm³/mol. The molecule has 0 fully saturated rings. The summed E-state index contributed by atoms with van der Waals surface area (Å²) < 4.78 is 18.7. The summed E-state index contributed by atoms with van der Waals surface area (Å²) in [6.45, 7) is 3.93. The third kappa shape index (κ3) is 3.53. The summed E-state index contributed by atoms with van der Waals surface area (Å²) in [5, 5.41) is 0. The Morgan fingerprint density at radius 3 is 2.75 bits per heavy atom. The molecule has 1 aromatic heterocycles. The summed E-state index contributed by atoms with van der Waals surface area (Å²) in [4.78, 5) is 19.4. The Labute approximate surface area is 117 Å². The van der Waals surface area contributed by atoms with Gasteiger partial charge in [-0.3, -0.25) is 4.99 Å². The number of carbonyl (C=O) groups is 1. The SMILES string of the molecule is CCN=C(/C(=C\N)C(=O)OCC)c1ccc(N)nc1F.[HH]. The van der Waals surface area contributed by atoms with E-state index in [1.54, 1.807) is 13.8 Å². The molecule has 0 radical (unpaired) electrons. The molecule has 0 aliphatic heterocycles. The molecule has 0 aromatic carbocycles. The van der Waals surface area contributed by atoms with E-state index in [4.69, 9.17) is 16.2 Å². The van der Waals surface area contributed by atoms with Crippen LogP contribution in [0.3, 0.4) is 0 Å². The number of nitrogens with two attached hydrogens (primary N) is 2.